The molecule has 1 saturated carbocycles. The zero-order valence-electron chi connectivity index (χ0n) is 14.4. The molecule has 0 unspecified atom stereocenters. The van der Waals surface area contributed by atoms with Gasteiger partial charge in [-0.2, -0.15) is 0 Å². The van der Waals surface area contributed by atoms with Gasteiger partial charge in [0.25, 0.3) is 5.91 Å². The van der Waals surface area contributed by atoms with E-state index in [0.717, 1.165) is 32.0 Å². The number of nitrogens with zero attached hydrogens (tertiary/aromatic N) is 2. The van der Waals surface area contributed by atoms with Gasteiger partial charge in [0.15, 0.2) is 11.4 Å². The molecule has 3 aliphatic rings. The summed E-state index contributed by atoms with van der Waals surface area (Å²) in [6.45, 7) is 4.49. The predicted molar refractivity (Wildman–Crippen MR) is 88.2 cm³/mol. The van der Waals surface area contributed by atoms with Crippen molar-refractivity contribution >= 4 is 11.9 Å². The summed E-state index contributed by atoms with van der Waals surface area (Å²) in [5.74, 6) is -0.172. The van der Waals surface area contributed by atoms with Crippen molar-refractivity contribution in [3.63, 3.8) is 0 Å². The number of imidazole rings is 1. The van der Waals surface area contributed by atoms with Gasteiger partial charge in [-0.15, -0.1) is 0 Å². The van der Waals surface area contributed by atoms with E-state index in [1.54, 1.807) is 6.92 Å². The second-order valence-corrected chi connectivity index (χ2v) is 7.07. The highest BCUT2D eigenvalue weighted by Crippen LogP contribution is 2.37. The number of amides is 1. The van der Waals surface area contributed by atoms with Crippen molar-refractivity contribution in [3.05, 3.63) is 17.7 Å². The molecule has 3 fully saturated rings. The minimum Gasteiger partial charge on any atom is -0.461 e. The Morgan fingerprint density at radius 3 is 3.04 bits per heavy atom. The van der Waals surface area contributed by atoms with Gasteiger partial charge in [0, 0.05) is 25.2 Å². The molecule has 136 valence electrons. The largest absolute Gasteiger partial charge is 0.461 e. The van der Waals surface area contributed by atoms with Crippen molar-refractivity contribution in [1.29, 1.82) is 0 Å². The highest BCUT2D eigenvalue weighted by molar-refractivity contribution is 6.02. The Labute approximate surface area is 146 Å². The highest BCUT2D eigenvalue weighted by atomic mass is 16.5. The second-order valence-electron chi connectivity index (χ2n) is 7.07. The molecule has 1 amide bonds. The number of morpholine rings is 1. The Balaban J connectivity index is 1.36. The molecule has 8 heteroatoms. The summed E-state index contributed by atoms with van der Waals surface area (Å²) < 4.78 is 10.9. The van der Waals surface area contributed by atoms with Crippen LogP contribution in [0.2, 0.25) is 0 Å². The van der Waals surface area contributed by atoms with Crippen molar-refractivity contribution in [3.8, 4) is 0 Å². The minimum atomic E-state index is -0.560. The third-order valence-corrected chi connectivity index (χ3v) is 5.26. The molecular weight excluding hydrogens is 324 g/mol. The maximum atomic E-state index is 12.5. The number of esters is 1. The number of H-pyrrole nitrogens is 1. The van der Waals surface area contributed by atoms with Gasteiger partial charge in [-0.1, -0.05) is 0 Å². The molecule has 0 radical (unpaired) electrons. The van der Waals surface area contributed by atoms with E-state index in [0.29, 0.717) is 12.1 Å². The average Bonchev–Trinajstić information content (AvgIpc) is 3.18. The molecule has 0 spiro atoms. The summed E-state index contributed by atoms with van der Waals surface area (Å²) in [5, 5.41) is 3.01. The molecule has 0 aromatic carbocycles. The Kier molecular flexibility index (Phi) is 4.47. The molecule has 4 rings (SSSR count). The van der Waals surface area contributed by atoms with Crippen LogP contribution in [-0.4, -0.2) is 71.2 Å². The van der Waals surface area contributed by atoms with E-state index in [1.807, 2.05) is 0 Å². The molecule has 1 aliphatic carbocycles. The molecule has 3 atom stereocenters. The van der Waals surface area contributed by atoms with E-state index in [9.17, 15) is 9.59 Å². The van der Waals surface area contributed by atoms with Gasteiger partial charge in [-0.25, -0.2) is 9.78 Å². The summed E-state index contributed by atoms with van der Waals surface area (Å²) in [7, 11) is 0. The first-order valence-electron chi connectivity index (χ1n) is 9.02. The van der Waals surface area contributed by atoms with Gasteiger partial charge in [-0.05, 0) is 32.1 Å². The van der Waals surface area contributed by atoms with Crippen molar-refractivity contribution < 1.29 is 19.1 Å². The maximum absolute atomic E-state index is 12.5. The quantitative estimate of drug-likeness (QED) is 0.755. The number of carbonyl (C=O) groups is 2. The van der Waals surface area contributed by atoms with Crippen LogP contribution in [0.3, 0.4) is 0 Å². The predicted octanol–water partition coefficient (Wildman–Crippen LogP) is 0.568. The zero-order valence-corrected chi connectivity index (χ0v) is 14.4. The number of aromatic amines is 1. The minimum absolute atomic E-state index is 0.0470. The number of fused-ring (bicyclic) bond motifs is 1. The molecule has 1 aromatic heterocycles. The van der Waals surface area contributed by atoms with E-state index < -0.39 is 5.97 Å². The van der Waals surface area contributed by atoms with Crippen LogP contribution < -0.4 is 5.32 Å². The fraction of sp³-hybridized carbons (Fsp3) is 0.706. The second kappa shape index (κ2) is 6.76. The lowest BCUT2D eigenvalue weighted by atomic mass is 10.1. The number of hydrogen-bond acceptors (Lipinski definition) is 6. The summed E-state index contributed by atoms with van der Waals surface area (Å²) in [6.07, 6.45) is 5.11. The third-order valence-electron chi connectivity index (χ3n) is 5.26. The number of carbonyl (C=O) groups excluding carboxylic acids is 2. The van der Waals surface area contributed by atoms with Crippen molar-refractivity contribution in [2.24, 2.45) is 5.92 Å². The standard InChI is InChI=1S/C17H24N4O4/c1-2-24-17(23)15-14(18-9-19-15)16(22)20-11-5-12-8-25-13(10-3-4-10)7-21(12)6-11/h9-13H,2-8H2,1H3,(H,18,19)(H,20,22)/t11-,12-,13-/m0/s1. The summed E-state index contributed by atoms with van der Waals surface area (Å²) >= 11 is 0. The van der Waals surface area contributed by atoms with E-state index in [2.05, 4.69) is 20.2 Å². The topological polar surface area (TPSA) is 96.6 Å². The first-order valence-corrected chi connectivity index (χ1v) is 9.02. The number of hydrogen-bond donors (Lipinski definition) is 2. The van der Waals surface area contributed by atoms with Crippen LogP contribution in [0, 0.1) is 5.92 Å². The molecular formula is C17H24N4O4. The Bertz CT molecular complexity index is 657. The molecule has 25 heavy (non-hydrogen) atoms. The molecule has 8 nitrogen and oxygen atoms in total. The lowest BCUT2D eigenvalue weighted by Gasteiger charge is -2.35. The molecule has 2 saturated heterocycles. The molecule has 3 heterocycles. The van der Waals surface area contributed by atoms with E-state index in [4.69, 9.17) is 9.47 Å². The van der Waals surface area contributed by atoms with Gasteiger partial charge >= 0.3 is 5.97 Å². The van der Waals surface area contributed by atoms with Crippen LogP contribution in [0.1, 0.15) is 47.2 Å². The highest BCUT2D eigenvalue weighted by Gasteiger charge is 2.42. The summed E-state index contributed by atoms with van der Waals surface area (Å²) in [4.78, 5) is 33.5. The van der Waals surface area contributed by atoms with Crippen LogP contribution in [0.25, 0.3) is 0 Å². The zero-order chi connectivity index (χ0) is 17.4. The lowest BCUT2D eigenvalue weighted by Crippen LogP contribution is -2.47. The smallest absolute Gasteiger partial charge is 0.357 e. The van der Waals surface area contributed by atoms with Crippen molar-refractivity contribution in [2.45, 2.75) is 44.4 Å². The van der Waals surface area contributed by atoms with Gasteiger partial charge in [-0.3, -0.25) is 9.69 Å². The normalized spacial score (nSPS) is 29.2. The average molecular weight is 348 g/mol. The van der Waals surface area contributed by atoms with Crippen LogP contribution >= 0.6 is 0 Å². The summed E-state index contributed by atoms with van der Waals surface area (Å²) in [5.41, 5.74) is 0.197. The maximum Gasteiger partial charge on any atom is 0.357 e. The Hall–Kier alpha value is -1.93. The van der Waals surface area contributed by atoms with Crippen LogP contribution in [0.15, 0.2) is 6.33 Å². The van der Waals surface area contributed by atoms with E-state index in [1.165, 1.54) is 19.2 Å². The van der Waals surface area contributed by atoms with Crippen molar-refractivity contribution in [1.82, 2.24) is 20.2 Å². The van der Waals surface area contributed by atoms with Gasteiger partial charge in [0.1, 0.15) is 0 Å². The SMILES string of the molecule is CCOC(=O)c1[nH]cnc1C(=O)N[C@H]1C[C@H]2CO[C@H](C3CC3)CN2C1. The monoisotopic (exact) mass is 348 g/mol. The fourth-order valence-corrected chi connectivity index (χ4v) is 3.84. The first kappa shape index (κ1) is 16.5. The van der Waals surface area contributed by atoms with E-state index >= 15 is 0 Å². The lowest BCUT2D eigenvalue weighted by molar-refractivity contribution is -0.0581. The molecule has 2 aliphatic heterocycles. The number of ether oxygens (including phenoxy) is 2. The molecule has 2 N–H and O–H groups in total. The number of aromatic nitrogens is 2. The van der Waals surface area contributed by atoms with Gasteiger partial charge in [0.2, 0.25) is 0 Å². The number of rotatable bonds is 5. The van der Waals surface area contributed by atoms with Crippen LogP contribution in [0.4, 0.5) is 0 Å². The third kappa shape index (κ3) is 3.41. The van der Waals surface area contributed by atoms with Gasteiger partial charge in [0.05, 0.1) is 25.6 Å². The Morgan fingerprint density at radius 1 is 1.44 bits per heavy atom. The number of nitrogens with one attached hydrogen (secondary N) is 2. The first-order chi connectivity index (χ1) is 12.2. The van der Waals surface area contributed by atoms with Gasteiger partial charge < -0.3 is 19.8 Å². The molecule has 1 aromatic rings. The van der Waals surface area contributed by atoms with Crippen LogP contribution in [0.5, 0.6) is 0 Å². The summed E-state index contributed by atoms with van der Waals surface area (Å²) in [6, 6.07) is 0.412. The Morgan fingerprint density at radius 2 is 2.28 bits per heavy atom. The van der Waals surface area contributed by atoms with Crippen molar-refractivity contribution in [2.75, 3.05) is 26.3 Å². The fourth-order valence-electron chi connectivity index (χ4n) is 3.84. The van der Waals surface area contributed by atoms with Crippen LogP contribution in [-0.2, 0) is 9.47 Å². The molecule has 0 bridgehead atoms. The van der Waals surface area contributed by atoms with E-state index in [-0.39, 0.29) is 29.9 Å².